The monoisotopic (exact) mass is 682 g/mol. The van der Waals surface area contributed by atoms with Gasteiger partial charge in [-0.15, -0.1) is 0 Å². The summed E-state index contributed by atoms with van der Waals surface area (Å²) in [4.78, 5) is 15.5. The van der Waals surface area contributed by atoms with Crippen molar-refractivity contribution in [1.82, 2.24) is 4.72 Å². The quantitative estimate of drug-likeness (QED) is 0.350. The summed E-state index contributed by atoms with van der Waals surface area (Å²) in [6.07, 6.45) is -2.47. The highest BCUT2D eigenvalue weighted by Crippen LogP contribution is 2.49. The summed E-state index contributed by atoms with van der Waals surface area (Å²) < 4.78 is 77.3. The first kappa shape index (κ1) is 33.4. The molecule has 0 saturated heterocycles. The van der Waals surface area contributed by atoms with Crippen LogP contribution in [0.25, 0.3) is 0 Å². The number of anilines is 1. The van der Waals surface area contributed by atoms with Gasteiger partial charge in [0.05, 0.1) is 17.5 Å². The molecule has 1 spiro atoms. The number of nitrogens with one attached hydrogen (secondary N) is 1. The van der Waals surface area contributed by atoms with Gasteiger partial charge in [-0.25, -0.2) is 13.1 Å². The molecule has 2 aromatic rings. The van der Waals surface area contributed by atoms with Crippen LogP contribution in [-0.4, -0.2) is 56.7 Å². The molecular weight excluding hydrogens is 641 g/mol. The van der Waals surface area contributed by atoms with Gasteiger partial charge in [0.2, 0.25) is 10.0 Å². The zero-order valence-electron chi connectivity index (χ0n) is 26.2. The van der Waals surface area contributed by atoms with Crippen LogP contribution in [0, 0.1) is 23.7 Å². The molecule has 7 nitrogen and oxygen atoms in total. The van der Waals surface area contributed by atoms with Crippen LogP contribution in [0.1, 0.15) is 80.3 Å². The Labute approximate surface area is 273 Å². The molecule has 252 valence electrons. The number of halogens is 4. The van der Waals surface area contributed by atoms with Crippen LogP contribution in [0.3, 0.4) is 0 Å². The van der Waals surface area contributed by atoms with Crippen LogP contribution >= 0.6 is 11.6 Å². The Morgan fingerprint density at radius 2 is 1.87 bits per heavy atom. The molecule has 1 amide bonds. The van der Waals surface area contributed by atoms with Crippen molar-refractivity contribution < 1.29 is 36.2 Å². The Bertz CT molecular complexity index is 1590. The van der Waals surface area contributed by atoms with Crippen LogP contribution < -0.4 is 14.4 Å². The standard InChI is InChI=1S/C34H42ClF3N2O5S/c1-20-5-3-7-27(31(41)34(36,37)38)26-11-8-24(26)17-40-18-33(14-4-6-22-15-25(35)10-12-28(22)33)19-45-30-13-9-23(16-29(30)40)32(42)39-46(43,44)21(20)2/h9-10,12-13,15-16,20-21,24,26-27,31,41H,3-8,11,14,17-19H2,1-2H3,(H,39,42)/t20?,21-,24?,26?,27+,31-,33+/m1/s1. The zero-order valence-corrected chi connectivity index (χ0v) is 27.7. The van der Waals surface area contributed by atoms with Gasteiger partial charge in [-0.1, -0.05) is 31.0 Å². The van der Waals surface area contributed by atoms with Gasteiger partial charge in [0.1, 0.15) is 5.75 Å². The predicted molar refractivity (Wildman–Crippen MR) is 171 cm³/mol. The molecule has 2 N–H and O–H groups in total. The summed E-state index contributed by atoms with van der Waals surface area (Å²) in [5.74, 6) is -2.08. The van der Waals surface area contributed by atoms with Crippen LogP contribution in [0.5, 0.6) is 5.75 Å². The Morgan fingerprint density at radius 1 is 1.09 bits per heavy atom. The molecule has 2 aliphatic heterocycles. The first-order valence-electron chi connectivity index (χ1n) is 16.3. The molecule has 0 radical (unpaired) electrons. The van der Waals surface area contributed by atoms with Gasteiger partial charge in [0.25, 0.3) is 5.91 Å². The Hall–Kier alpha value is -2.50. The number of aryl methyl sites for hydroxylation is 1. The van der Waals surface area contributed by atoms with E-state index >= 15 is 0 Å². The second-order valence-corrected chi connectivity index (χ2v) is 16.5. The van der Waals surface area contributed by atoms with Gasteiger partial charge in [0.15, 0.2) is 6.10 Å². The van der Waals surface area contributed by atoms with E-state index in [0.29, 0.717) is 55.4 Å². The van der Waals surface area contributed by atoms with E-state index in [-0.39, 0.29) is 23.8 Å². The summed E-state index contributed by atoms with van der Waals surface area (Å²) in [5.41, 5.74) is 2.61. The van der Waals surface area contributed by atoms with Gasteiger partial charge in [-0.2, -0.15) is 13.2 Å². The van der Waals surface area contributed by atoms with Crippen molar-refractivity contribution in [2.24, 2.45) is 23.7 Å². The maximum atomic E-state index is 14.0. The summed E-state index contributed by atoms with van der Waals surface area (Å²) in [6.45, 7) is 4.52. The van der Waals surface area contributed by atoms with Crippen LogP contribution in [0.4, 0.5) is 18.9 Å². The molecule has 2 bridgehead atoms. The van der Waals surface area contributed by atoms with Crippen molar-refractivity contribution in [2.45, 2.75) is 88.2 Å². The fourth-order valence-corrected chi connectivity index (χ4v) is 9.77. The number of aliphatic hydroxyl groups is 1. The highest BCUT2D eigenvalue weighted by atomic mass is 35.5. The number of hydrogen-bond donors (Lipinski definition) is 2. The third-order valence-electron chi connectivity index (χ3n) is 11.2. The Morgan fingerprint density at radius 3 is 2.59 bits per heavy atom. The number of carbonyl (C=O) groups excluding carboxylic acids is 1. The minimum Gasteiger partial charge on any atom is -0.490 e. The van der Waals surface area contributed by atoms with E-state index in [1.165, 1.54) is 6.92 Å². The lowest BCUT2D eigenvalue weighted by molar-refractivity contribution is -0.231. The normalized spacial score (nSPS) is 32.2. The van der Waals surface area contributed by atoms with Crippen molar-refractivity contribution in [1.29, 1.82) is 0 Å². The van der Waals surface area contributed by atoms with E-state index in [2.05, 4.69) is 9.62 Å². The fourth-order valence-electron chi connectivity index (χ4n) is 8.27. The molecular formula is C34H42ClF3N2O5S. The van der Waals surface area contributed by atoms with E-state index in [1.807, 2.05) is 18.2 Å². The molecule has 6 rings (SSSR count). The van der Waals surface area contributed by atoms with Gasteiger partial charge >= 0.3 is 6.18 Å². The van der Waals surface area contributed by atoms with Gasteiger partial charge < -0.3 is 14.7 Å². The molecule has 1 fully saturated rings. The van der Waals surface area contributed by atoms with Crippen LogP contribution in [-0.2, 0) is 21.9 Å². The van der Waals surface area contributed by atoms with Crippen molar-refractivity contribution in [3.63, 3.8) is 0 Å². The number of fused-ring (bicyclic) bond motifs is 4. The maximum absolute atomic E-state index is 14.0. The topological polar surface area (TPSA) is 95.9 Å². The smallest absolute Gasteiger partial charge is 0.414 e. The fraction of sp³-hybridized carbons (Fsp3) is 0.618. The van der Waals surface area contributed by atoms with Crippen LogP contribution in [0.2, 0.25) is 5.02 Å². The van der Waals surface area contributed by atoms with Crippen molar-refractivity contribution >= 4 is 33.2 Å². The van der Waals surface area contributed by atoms with Crippen LogP contribution in [0.15, 0.2) is 36.4 Å². The van der Waals surface area contributed by atoms with Crippen molar-refractivity contribution in [2.75, 3.05) is 24.6 Å². The third-order valence-corrected chi connectivity index (χ3v) is 13.4. The summed E-state index contributed by atoms with van der Waals surface area (Å²) >= 11 is 6.36. The van der Waals surface area contributed by atoms with E-state index in [1.54, 1.807) is 25.1 Å². The van der Waals surface area contributed by atoms with E-state index in [4.69, 9.17) is 16.3 Å². The number of sulfonamides is 1. The highest BCUT2D eigenvalue weighted by molar-refractivity contribution is 7.90. The molecule has 12 heteroatoms. The van der Waals surface area contributed by atoms with Gasteiger partial charge in [-0.3, -0.25) is 4.79 Å². The minimum atomic E-state index is -4.76. The first-order chi connectivity index (χ1) is 21.7. The summed E-state index contributed by atoms with van der Waals surface area (Å²) in [5, 5.41) is 10.3. The summed E-state index contributed by atoms with van der Waals surface area (Å²) in [7, 11) is -4.08. The number of benzene rings is 2. The lowest BCUT2D eigenvalue weighted by Crippen LogP contribution is -2.51. The second kappa shape index (κ2) is 12.5. The molecule has 7 atom stereocenters. The molecule has 2 heterocycles. The third kappa shape index (κ3) is 6.35. The maximum Gasteiger partial charge on any atom is 0.414 e. The van der Waals surface area contributed by atoms with Crippen molar-refractivity contribution in [3.8, 4) is 5.75 Å². The number of aliphatic hydroxyl groups excluding tert-OH is 1. The lowest BCUT2D eigenvalue weighted by atomic mass is 9.63. The van der Waals surface area contributed by atoms with Gasteiger partial charge in [-0.05, 0) is 117 Å². The molecule has 3 unspecified atom stereocenters. The number of nitrogens with zero attached hydrogens (tertiary/aromatic N) is 1. The molecule has 1 saturated carbocycles. The zero-order chi connectivity index (χ0) is 33.0. The first-order valence-corrected chi connectivity index (χ1v) is 18.2. The van der Waals surface area contributed by atoms with E-state index < -0.39 is 50.7 Å². The van der Waals surface area contributed by atoms with E-state index in [9.17, 15) is 31.5 Å². The SMILES string of the molecule is CC1CCC[C@H]([C@@H](O)C(F)(F)F)C2CCC2CN2C[C@@]3(CCCc4cc(Cl)ccc43)COc3ccc(cc32)C(=O)NS(=O)(=O)[C@@H]1C. The molecule has 4 aliphatic rings. The number of hydrogen-bond acceptors (Lipinski definition) is 6. The molecule has 2 aliphatic carbocycles. The van der Waals surface area contributed by atoms with E-state index in [0.717, 1.165) is 36.8 Å². The minimum absolute atomic E-state index is 0.111. The second-order valence-electron chi connectivity index (χ2n) is 14.0. The number of ether oxygens (including phenoxy) is 1. The molecule has 0 aromatic heterocycles. The number of alkyl halides is 3. The number of carbonyl (C=O) groups is 1. The molecule has 46 heavy (non-hydrogen) atoms. The summed E-state index contributed by atoms with van der Waals surface area (Å²) in [6, 6.07) is 10.8. The Kier molecular flexibility index (Phi) is 9.08. The average molecular weight is 683 g/mol. The Balaban J connectivity index is 1.43. The number of amides is 1. The predicted octanol–water partition coefficient (Wildman–Crippen LogP) is 6.65. The lowest BCUT2D eigenvalue weighted by Gasteiger charge is -2.48. The molecule has 2 aromatic carbocycles. The highest BCUT2D eigenvalue weighted by Gasteiger charge is 2.51. The largest absolute Gasteiger partial charge is 0.490 e. The van der Waals surface area contributed by atoms with Crippen molar-refractivity contribution in [3.05, 3.63) is 58.1 Å². The van der Waals surface area contributed by atoms with Gasteiger partial charge in [0, 0.05) is 29.1 Å². The average Bonchev–Trinajstić information content (AvgIpc) is 3.13. The number of rotatable bonds is 1.